The SMILES string of the molecule is C[C@]1(O)C=Cc2ccccc2C1=O. The van der Waals surface area contributed by atoms with Crippen LogP contribution in [0.25, 0.3) is 6.08 Å². The summed E-state index contributed by atoms with van der Waals surface area (Å²) in [6.07, 6.45) is 3.30. The van der Waals surface area contributed by atoms with Gasteiger partial charge in [0.15, 0.2) is 5.78 Å². The second-order valence-electron chi connectivity index (χ2n) is 3.40. The number of ketones is 1. The Morgan fingerprint density at radius 3 is 2.77 bits per heavy atom. The van der Waals surface area contributed by atoms with E-state index in [1.54, 1.807) is 18.2 Å². The van der Waals surface area contributed by atoms with Gasteiger partial charge in [-0.1, -0.05) is 30.3 Å². The van der Waals surface area contributed by atoms with Crippen LogP contribution in [0, 0.1) is 0 Å². The van der Waals surface area contributed by atoms with Gasteiger partial charge in [-0.15, -0.1) is 0 Å². The zero-order chi connectivity index (χ0) is 9.47. The fourth-order valence-corrected chi connectivity index (χ4v) is 1.45. The third kappa shape index (κ3) is 1.19. The lowest BCUT2D eigenvalue weighted by molar-refractivity contribution is 0.0589. The van der Waals surface area contributed by atoms with Crippen LogP contribution < -0.4 is 0 Å². The molecule has 0 amide bonds. The number of aliphatic hydroxyl groups is 1. The molecule has 66 valence electrons. The van der Waals surface area contributed by atoms with Crippen LogP contribution >= 0.6 is 0 Å². The maximum absolute atomic E-state index is 11.6. The van der Waals surface area contributed by atoms with Crippen molar-refractivity contribution in [3.63, 3.8) is 0 Å². The first-order valence-electron chi connectivity index (χ1n) is 4.17. The Labute approximate surface area is 76.5 Å². The Balaban J connectivity index is 2.62. The minimum Gasteiger partial charge on any atom is -0.378 e. The van der Waals surface area contributed by atoms with Gasteiger partial charge in [0.1, 0.15) is 5.60 Å². The number of Topliss-reactive ketones (excluding diaryl/α,β-unsaturated/α-hetero) is 1. The molecule has 0 unspecified atom stereocenters. The Hall–Kier alpha value is -1.41. The third-order valence-corrected chi connectivity index (χ3v) is 2.25. The van der Waals surface area contributed by atoms with Gasteiger partial charge in [-0.25, -0.2) is 0 Å². The number of hydrogen-bond donors (Lipinski definition) is 1. The van der Waals surface area contributed by atoms with Crippen LogP contribution in [0.4, 0.5) is 0 Å². The molecule has 1 aliphatic carbocycles. The number of hydrogen-bond acceptors (Lipinski definition) is 2. The summed E-state index contributed by atoms with van der Waals surface area (Å²) in [6.45, 7) is 1.50. The Bertz CT molecular complexity index is 389. The third-order valence-electron chi connectivity index (χ3n) is 2.25. The van der Waals surface area contributed by atoms with Crippen LogP contribution in [-0.2, 0) is 0 Å². The van der Waals surface area contributed by atoms with E-state index < -0.39 is 5.60 Å². The Morgan fingerprint density at radius 2 is 2.00 bits per heavy atom. The fourth-order valence-electron chi connectivity index (χ4n) is 1.45. The maximum atomic E-state index is 11.6. The first kappa shape index (κ1) is 8.20. The maximum Gasteiger partial charge on any atom is 0.198 e. The van der Waals surface area contributed by atoms with Crippen molar-refractivity contribution in [2.45, 2.75) is 12.5 Å². The van der Waals surface area contributed by atoms with Crippen LogP contribution in [-0.4, -0.2) is 16.5 Å². The summed E-state index contributed by atoms with van der Waals surface area (Å²) in [5.74, 6) is -0.231. The van der Waals surface area contributed by atoms with Gasteiger partial charge >= 0.3 is 0 Å². The van der Waals surface area contributed by atoms with Crippen molar-refractivity contribution in [1.82, 2.24) is 0 Å². The molecule has 0 heterocycles. The van der Waals surface area contributed by atoms with Gasteiger partial charge in [0.25, 0.3) is 0 Å². The fraction of sp³-hybridized carbons (Fsp3) is 0.182. The van der Waals surface area contributed by atoms with Gasteiger partial charge in [-0.2, -0.15) is 0 Å². The summed E-state index contributed by atoms with van der Waals surface area (Å²) in [5.41, 5.74) is 0.128. The molecule has 0 saturated carbocycles. The normalized spacial score (nSPS) is 25.8. The van der Waals surface area contributed by atoms with Crippen LogP contribution in [0.5, 0.6) is 0 Å². The average molecular weight is 174 g/mol. The molecule has 0 spiro atoms. The summed E-state index contributed by atoms with van der Waals surface area (Å²) in [5, 5.41) is 9.65. The van der Waals surface area contributed by atoms with Gasteiger partial charge in [0, 0.05) is 5.56 Å². The first-order valence-corrected chi connectivity index (χ1v) is 4.17. The standard InChI is InChI=1S/C11H10O2/c1-11(13)7-6-8-4-2-3-5-9(8)10(11)12/h2-7,13H,1H3/t11-/m0/s1. The number of benzene rings is 1. The van der Waals surface area contributed by atoms with Crippen LogP contribution in [0.2, 0.25) is 0 Å². The molecule has 1 aromatic carbocycles. The molecule has 2 nitrogen and oxygen atoms in total. The summed E-state index contributed by atoms with van der Waals surface area (Å²) >= 11 is 0. The molecule has 2 heteroatoms. The van der Waals surface area contributed by atoms with E-state index in [1.807, 2.05) is 12.1 Å². The smallest absolute Gasteiger partial charge is 0.198 e. The number of carbonyl (C=O) groups is 1. The predicted molar refractivity (Wildman–Crippen MR) is 50.4 cm³/mol. The zero-order valence-corrected chi connectivity index (χ0v) is 7.32. The van der Waals surface area contributed by atoms with Gasteiger partial charge < -0.3 is 5.11 Å². The van der Waals surface area contributed by atoms with Gasteiger partial charge in [0.2, 0.25) is 0 Å². The molecule has 0 saturated heterocycles. The Morgan fingerprint density at radius 1 is 1.31 bits per heavy atom. The molecule has 1 aliphatic rings. The molecular formula is C11H10O2. The summed E-state index contributed by atoms with van der Waals surface area (Å²) in [6, 6.07) is 7.26. The van der Waals surface area contributed by atoms with Crippen molar-refractivity contribution < 1.29 is 9.90 Å². The quantitative estimate of drug-likeness (QED) is 0.649. The summed E-state index contributed by atoms with van der Waals surface area (Å²) in [4.78, 5) is 11.6. The number of carbonyl (C=O) groups excluding carboxylic acids is 1. The van der Waals surface area contributed by atoms with E-state index in [0.717, 1.165) is 5.56 Å². The molecule has 1 atom stereocenters. The molecule has 1 aromatic rings. The van der Waals surface area contributed by atoms with Crippen molar-refractivity contribution in [3.8, 4) is 0 Å². The molecule has 0 aliphatic heterocycles. The van der Waals surface area contributed by atoms with Crippen molar-refractivity contribution in [2.24, 2.45) is 0 Å². The topological polar surface area (TPSA) is 37.3 Å². The predicted octanol–water partition coefficient (Wildman–Crippen LogP) is 1.65. The lowest BCUT2D eigenvalue weighted by atomic mass is 9.86. The monoisotopic (exact) mass is 174 g/mol. The molecule has 0 radical (unpaired) electrons. The molecule has 0 bridgehead atoms. The van der Waals surface area contributed by atoms with Crippen LogP contribution in [0.1, 0.15) is 22.8 Å². The molecule has 0 fully saturated rings. The largest absolute Gasteiger partial charge is 0.378 e. The minimum absolute atomic E-state index is 0.231. The minimum atomic E-state index is -1.34. The zero-order valence-electron chi connectivity index (χ0n) is 7.32. The molecule has 1 N–H and O–H groups in total. The lowest BCUT2D eigenvalue weighted by Crippen LogP contribution is -2.35. The number of rotatable bonds is 0. The highest BCUT2D eigenvalue weighted by atomic mass is 16.3. The van der Waals surface area contributed by atoms with E-state index in [9.17, 15) is 9.90 Å². The van der Waals surface area contributed by atoms with E-state index in [-0.39, 0.29) is 5.78 Å². The van der Waals surface area contributed by atoms with Crippen molar-refractivity contribution in [3.05, 3.63) is 41.5 Å². The highest BCUT2D eigenvalue weighted by Crippen LogP contribution is 2.24. The number of fused-ring (bicyclic) bond motifs is 1. The highest BCUT2D eigenvalue weighted by Gasteiger charge is 2.32. The highest BCUT2D eigenvalue weighted by molar-refractivity contribution is 6.08. The average Bonchev–Trinajstić information content (AvgIpc) is 2.13. The van der Waals surface area contributed by atoms with E-state index in [1.165, 1.54) is 13.0 Å². The lowest BCUT2D eigenvalue weighted by Gasteiger charge is -2.22. The van der Waals surface area contributed by atoms with Gasteiger partial charge in [-0.3, -0.25) is 4.79 Å². The summed E-state index contributed by atoms with van der Waals surface area (Å²) in [7, 11) is 0. The summed E-state index contributed by atoms with van der Waals surface area (Å²) < 4.78 is 0. The van der Waals surface area contributed by atoms with E-state index in [4.69, 9.17) is 0 Å². The van der Waals surface area contributed by atoms with Crippen LogP contribution in [0.3, 0.4) is 0 Å². The van der Waals surface area contributed by atoms with Crippen LogP contribution in [0.15, 0.2) is 30.3 Å². The van der Waals surface area contributed by atoms with Crippen molar-refractivity contribution in [2.75, 3.05) is 0 Å². The second kappa shape index (κ2) is 2.54. The second-order valence-corrected chi connectivity index (χ2v) is 3.40. The van der Waals surface area contributed by atoms with Gasteiger partial charge in [-0.05, 0) is 18.6 Å². The van der Waals surface area contributed by atoms with E-state index in [0.29, 0.717) is 5.56 Å². The molecule has 13 heavy (non-hydrogen) atoms. The van der Waals surface area contributed by atoms with E-state index in [2.05, 4.69) is 0 Å². The molecule has 0 aromatic heterocycles. The van der Waals surface area contributed by atoms with Crippen molar-refractivity contribution >= 4 is 11.9 Å². The first-order chi connectivity index (χ1) is 6.11. The Kier molecular flexibility index (Phi) is 1.60. The van der Waals surface area contributed by atoms with Crippen molar-refractivity contribution in [1.29, 1.82) is 0 Å². The molecular weight excluding hydrogens is 164 g/mol. The van der Waals surface area contributed by atoms with E-state index >= 15 is 0 Å². The molecule has 2 rings (SSSR count). The van der Waals surface area contributed by atoms with Gasteiger partial charge in [0.05, 0.1) is 0 Å².